The molecular weight excluding hydrogens is 258 g/mol. The fourth-order valence-corrected chi connectivity index (χ4v) is 2.02. The van der Waals surface area contributed by atoms with E-state index >= 15 is 0 Å². The van der Waals surface area contributed by atoms with Gasteiger partial charge >= 0.3 is 7.12 Å². The molecule has 0 aromatic heterocycles. The first-order chi connectivity index (χ1) is 9.47. The van der Waals surface area contributed by atoms with Crippen LogP contribution in [-0.2, 0) is 0 Å². The molecule has 0 spiro atoms. The molecule has 0 aliphatic carbocycles. The number of rotatable bonds is 4. The zero-order chi connectivity index (χ0) is 14.7. The Balaban J connectivity index is 2.32. The zero-order valence-corrected chi connectivity index (χ0v) is 11.4. The van der Waals surface area contributed by atoms with Gasteiger partial charge in [0.1, 0.15) is 17.3 Å². The molecule has 5 heteroatoms. The van der Waals surface area contributed by atoms with Crippen molar-refractivity contribution in [2.24, 2.45) is 0 Å². The molecule has 2 aromatic carbocycles. The SMILES string of the molecule is CC(C)c1cc(Oc2cccc(F)c2)ccc1B(O)O. The zero-order valence-electron chi connectivity index (χ0n) is 11.4. The van der Waals surface area contributed by atoms with Gasteiger partial charge in [-0.2, -0.15) is 0 Å². The van der Waals surface area contributed by atoms with Crippen LogP contribution in [0.5, 0.6) is 11.5 Å². The monoisotopic (exact) mass is 274 g/mol. The topological polar surface area (TPSA) is 49.7 Å². The molecule has 0 amide bonds. The van der Waals surface area contributed by atoms with Gasteiger partial charge in [-0.1, -0.05) is 26.0 Å². The van der Waals surface area contributed by atoms with Crippen molar-refractivity contribution in [1.82, 2.24) is 0 Å². The number of halogens is 1. The molecular formula is C15H16BFO3. The van der Waals surface area contributed by atoms with Crippen LogP contribution in [0, 0.1) is 5.82 Å². The summed E-state index contributed by atoms with van der Waals surface area (Å²) < 4.78 is 18.7. The standard InChI is InChI=1S/C15H16BFO3/c1-10(2)14-9-13(6-7-15(14)16(18)19)20-12-5-3-4-11(17)8-12/h3-10,18-19H,1-2H3. The minimum atomic E-state index is -1.52. The first kappa shape index (κ1) is 14.6. The molecule has 0 saturated carbocycles. The summed E-state index contributed by atoms with van der Waals surface area (Å²) in [5.41, 5.74) is 1.24. The van der Waals surface area contributed by atoms with Gasteiger partial charge in [0.25, 0.3) is 0 Å². The van der Waals surface area contributed by atoms with E-state index in [1.54, 1.807) is 30.3 Å². The van der Waals surface area contributed by atoms with Gasteiger partial charge in [0.05, 0.1) is 0 Å². The molecule has 20 heavy (non-hydrogen) atoms. The van der Waals surface area contributed by atoms with Crippen LogP contribution in [0.3, 0.4) is 0 Å². The molecule has 0 fully saturated rings. The van der Waals surface area contributed by atoms with E-state index in [0.29, 0.717) is 17.0 Å². The summed E-state index contributed by atoms with van der Waals surface area (Å²) >= 11 is 0. The van der Waals surface area contributed by atoms with E-state index < -0.39 is 7.12 Å². The molecule has 2 rings (SSSR count). The number of hydrogen-bond acceptors (Lipinski definition) is 3. The van der Waals surface area contributed by atoms with Gasteiger partial charge < -0.3 is 14.8 Å². The largest absolute Gasteiger partial charge is 0.488 e. The molecule has 2 N–H and O–H groups in total. The normalized spacial score (nSPS) is 10.7. The smallest absolute Gasteiger partial charge is 0.457 e. The first-order valence-corrected chi connectivity index (χ1v) is 6.41. The number of hydrogen-bond donors (Lipinski definition) is 2. The van der Waals surface area contributed by atoms with E-state index in [0.717, 1.165) is 5.56 Å². The highest BCUT2D eigenvalue weighted by atomic mass is 19.1. The van der Waals surface area contributed by atoms with Crippen molar-refractivity contribution in [2.75, 3.05) is 0 Å². The van der Waals surface area contributed by atoms with Gasteiger partial charge in [-0.15, -0.1) is 0 Å². The summed E-state index contributed by atoms with van der Waals surface area (Å²) in [5.74, 6) is 0.678. The van der Waals surface area contributed by atoms with Crippen LogP contribution in [0.1, 0.15) is 25.3 Å². The van der Waals surface area contributed by atoms with Crippen molar-refractivity contribution in [3.05, 3.63) is 53.8 Å². The van der Waals surface area contributed by atoms with Gasteiger partial charge in [0, 0.05) is 6.07 Å². The Labute approximate surface area is 117 Å². The van der Waals surface area contributed by atoms with Gasteiger partial charge in [-0.3, -0.25) is 0 Å². The Kier molecular flexibility index (Phi) is 4.42. The van der Waals surface area contributed by atoms with E-state index in [1.807, 2.05) is 13.8 Å². The Morgan fingerprint density at radius 2 is 1.75 bits per heavy atom. The van der Waals surface area contributed by atoms with Crippen molar-refractivity contribution in [3.8, 4) is 11.5 Å². The quantitative estimate of drug-likeness (QED) is 0.842. The Hall–Kier alpha value is -1.85. The Bertz CT molecular complexity index is 599. The number of benzene rings is 2. The lowest BCUT2D eigenvalue weighted by molar-refractivity contribution is 0.425. The summed E-state index contributed by atoms with van der Waals surface area (Å²) in [6, 6.07) is 10.8. The highest BCUT2D eigenvalue weighted by molar-refractivity contribution is 6.59. The molecule has 0 atom stereocenters. The van der Waals surface area contributed by atoms with E-state index in [4.69, 9.17) is 4.74 Å². The van der Waals surface area contributed by atoms with Crippen molar-refractivity contribution in [3.63, 3.8) is 0 Å². The predicted molar refractivity (Wildman–Crippen MR) is 76.8 cm³/mol. The summed E-state index contributed by atoms with van der Waals surface area (Å²) in [7, 11) is -1.52. The first-order valence-electron chi connectivity index (χ1n) is 6.41. The second-order valence-electron chi connectivity index (χ2n) is 4.88. The summed E-state index contributed by atoms with van der Waals surface area (Å²) in [5, 5.41) is 18.7. The third-order valence-corrected chi connectivity index (χ3v) is 2.99. The highest BCUT2D eigenvalue weighted by Gasteiger charge is 2.18. The maximum Gasteiger partial charge on any atom is 0.488 e. The van der Waals surface area contributed by atoms with E-state index in [1.165, 1.54) is 12.1 Å². The second-order valence-corrected chi connectivity index (χ2v) is 4.88. The van der Waals surface area contributed by atoms with Gasteiger partial charge in [0.2, 0.25) is 0 Å². The van der Waals surface area contributed by atoms with Crippen LogP contribution in [0.25, 0.3) is 0 Å². The van der Waals surface area contributed by atoms with Crippen LogP contribution in [-0.4, -0.2) is 17.2 Å². The highest BCUT2D eigenvalue weighted by Crippen LogP contribution is 2.24. The third-order valence-electron chi connectivity index (χ3n) is 2.99. The second kappa shape index (κ2) is 6.07. The van der Waals surface area contributed by atoms with Crippen molar-refractivity contribution < 1.29 is 19.2 Å². The Morgan fingerprint density at radius 3 is 2.35 bits per heavy atom. The van der Waals surface area contributed by atoms with Gasteiger partial charge in [-0.05, 0) is 41.2 Å². The molecule has 0 aliphatic heterocycles. The van der Waals surface area contributed by atoms with Gasteiger partial charge in [0.15, 0.2) is 0 Å². The lowest BCUT2D eigenvalue weighted by Gasteiger charge is -2.14. The van der Waals surface area contributed by atoms with Crippen LogP contribution in [0.4, 0.5) is 4.39 Å². The van der Waals surface area contributed by atoms with Gasteiger partial charge in [-0.25, -0.2) is 4.39 Å². The molecule has 104 valence electrons. The minimum Gasteiger partial charge on any atom is -0.457 e. The lowest BCUT2D eigenvalue weighted by Crippen LogP contribution is -2.33. The predicted octanol–water partition coefficient (Wildman–Crippen LogP) is 2.42. The molecule has 0 radical (unpaired) electrons. The van der Waals surface area contributed by atoms with Crippen molar-refractivity contribution in [2.45, 2.75) is 19.8 Å². The lowest BCUT2D eigenvalue weighted by atomic mass is 9.74. The molecule has 0 bridgehead atoms. The van der Waals surface area contributed by atoms with Crippen LogP contribution < -0.4 is 10.2 Å². The number of ether oxygens (including phenoxy) is 1. The Morgan fingerprint density at radius 1 is 1.05 bits per heavy atom. The van der Waals surface area contributed by atoms with Crippen molar-refractivity contribution >= 4 is 12.6 Å². The molecule has 0 heterocycles. The summed E-state index contributed by atoms with van der Waals surface area (Å²) in [6.45, 7) is 3.90. The molecule has 2 aromatic rings. The minimum absolute atomic E-state index is 0.114. The fourth-order valence-electron chi connectivity index (χ4n) is 2.02. The van der Waals surface area contributed by atoms with E-state index in [9.17, 15) is 14.4 Å². The van der Waals surface area contributed by atoms with E-state index in [-0.39, 0.29) is 11.7 Å². The molecule has 0 unspecified atom stereocenters. The molecule has 3 nitrogen and oxygen atoms in total. The summed E-state index contributed by atoms with van der Waals surface area (Å²) in [4.78, 5) is 0. The van der Waals surface area contributed by atoms with Crippen LogP contribution in [0.15, 0.2) is 42.5 Å². The maximum absolute atomic E-state index is 13.1. The summed E-state index contributed by atoms with van der Waals surface area (Å²) in [6.07, 6.45) is 0. The third kappa shape index (κ3) is 3.38. The van der Waals surface area contributed by atoms with Crippen LogP contribution >= 0.6 is 0 Å². The average molecular weight is 274 g/mol. The molecule has 0 aliphatic rings. The molecule has 0 saturated heterocycles. The van der Waals surface area contributed by atoms with E-state index in [2.05, 4.69) is 0 Å². The van der Waals surface area contributed by atoms with Crippen molar-refractivity contribution in [1.29, 1.82) is 0 Å². The maximum atomic E-state index is 13.1. The van der Waals surface area contributed by atoms with Crippen LogP contribution in [0.2, 0.25) is 0 Å². The average Bonchev–Trinajstić information content (AvgIpc) is 2.38. The fraction of sp³-hybridized carbons (Fsp3) is 0.200.